The Kier molecular flexibility index (Phi) is 4.44. The van der Waals surface area contributed by atoms with Crippen LogP contribution in [0.2, 0.25) is 0 Å². The molecule has 0 aliphatic heterocycles. The number of ether oxygens (including phenoxy) is 1. The highest BCUT2D eigenvalue weighted by Crippen LogP contribution is 2.09. The number of amides is 1. The highest BCUT2D eigenvalue weighted by Gasteiger charge is 2.04. The molecule has 0 fully saturated rings. The van der Waals surface area contributed by atoms with Crippen LogP contribution in [0.4, 0.5) is 4.39 Å². The number of hydrogen-bond donors (Lipinski definition) is 1. The highest BCUT2D eigenvalue weighted by atomic mass is 19.1. The first-order chi connectivity index (χ1) is 9.69. The van der Waals surface area contributed by atoms with Gasteiger partial charge in [0.25, 0.3) is 5.91 Å². The maximum absolute atomic E-state index is 13.0. The van der Waals surface area contributed by atoms with Crippen molar-refractivity contribution < 1.29 is 13.9 Å². The molecule has 2 aromatic carbocycles. The zero-order chi connectivity index (χ0) is 14.4. The Morgan fingerprint density at radius 1 is 1.25 bits per heavy atom. The number of nitrogens with zero attached hydrogens (tertiary/aromatic N) is 1. The van der Waals surface area contributed by atoms with Crippen molar-refractivity contribution in [1.82, 2.24) is 5.43 Å². The minimum Gasteiger partial charge on any atom is -0.497 e. The second-order valence-electron chi connectivity index (χ2n) is 3.98. The van der Waals surface area contributed by atoms with E-state index in [1.165, 1.54) is 24.4 Å². The molecule has 0 bridgehead atoms. The number of hydrogen-bond acceptors (Lipinski definition) is 3. The first kappa shape index (κ1) is 13.7. The van der Waals surface area contributed by atoms with E-state index in [9.17, 15) is 9.18 Å². The number of hydrazone groups is 1. The third-order valence-electron chi connectivity index (χ3n) is 2.58. The topological polar surface area (TPSA) is 50.7 Å². The molecule has 4 nitrogen and oxygen atoms in total. The first-order valence-corrected chi connectivity index (χ1v) is 5.92. The Morgan fingerprint density at radius 2 is 2.00 bits per heavy atom. The summed E-state index contributed by atoms with van der Waals surface area (Å²) in [7, 11) is 1.59. The van der Waals surface area contributed by atoms with Gasteiger partial charge in [-0.25, -0.2) is 9.82 Å². The molecule has 102 valence electrons. The highest BCUT2D eigenvalue weighted by molar-refractivity contribution is 5.94. The van der Waals surface area contributed by atoms with E-state index in [4.69, 9.17) is 4.74 Å². The van der Waals surface area contributed by atoms with E-state index in [0.29, 0.717) is 0 Å². The van der Waals surface area contributed by atoms with E-state index >= 15 is 0 Å². The maximum atomic E-state index is 13.0. The van der Waals surface area contributed by atoms with Crippen LogP contribution in [0.25, 0.3) is 0 Å². The lowest BCUT2D eigenvalue weighted by Crippen LogP contribution is -2.17. The number of halogens is 1. The van der Waals surface area contributed by atoms with Gasteiger partial charge in [-0.2, -0.15) is 5.10 Å². The number of methoxy groups -OCH3 is 1. The molecule has 0 aliphatic carbocycles. The van der Waals surface area contributed by atoms with Crippen molar-refractivity contribution in [3.63, 3.8) is 0 Å². The first-order valence-electron chi connectivity index (χ1n) is 5.92. The third-order valence-corrected chi connectivity index (χ3v) is 2.58. The zero-order valence-corrected chi connectivity index (χ0v) is 10.8. The van der Waals surface area contributed by atoms with Crippen molar-refractivity contribution in [2.75, 3.05) is 7.11 Å². The van der Waals surface area contributed by atoms with Crippen LogP contribution in [0.5, 0.6) is 5.75 Å². The van der Waals surface area contributed by atoms with Gasteiger partial charge in [-0.1, -0.05) is 6.07 Å². The molecule has 0 unspecified atom stereocenters. The molecule has 0 aromatic heterocycles. The lowest BCUT2D eigenvalue weighted by molar-refractivity contribution is 0.0954. The van der Waals surface area contributed by atoms with Crippen LogP contribution in [0, 0.1) is 5.82 Å². The van der Waals surface area contributed by atoms with Crippen molar-refractivity contribution in [2.24, 2.45) is 5.10 Å². The van der Waals surface area contributed by atoms with Crippen LogP contribution < -0.4 is 10.2 Å². The van der Waals surface area contributed by atoms with Gasteiger partial charge in [0.15, 0.2) is 0 Å². The summed E-state index contributed by atoms with van der Waals surface area (Å²) in [6.45, 7) is 0. The van der Waals surface area contributed by atoms with E-state index in [-0.39, 0.29) is 5.56 Å². The minimum atomic E-state index is -0.464. The van der Waals surface area contributed by atoms with Crippen LogP contribution in [0.1, 0.15) is 15.9 Å². The average molecular weight is 272 g/mol. The molecular formula is C15H13FN2O2. The molecule has 0 atom stereocenters. The lowest BCUT2D eigenvalue weighted by atomic mass is 10.2. The number of carbonyl (C=O) groups excluding carboxylic acids is 1. The van der Waals surface area contributed by atoms with Crippen LogP contribution >= 0.6 is 0 Å². The fraction of sp³-hybridized carbons (Fsp3) is 0.0667. The number of carbonyl (C=O) groups is 1. The van der Waals surface area contributed by atoms with Gasteiger partial charge in [-0.15, -0.1) is 0 Å². The van der Waals surface area contributed by atoms with Crippen molar-refractivity contribution in [2.45, 2.75) is 0 Å². The minimum absolute atomic E-state index is 0.219. The van der Waals surface area contributed by atoms with E-state index < -0.39 is 11.7 Å². The summed E-state index contributed by atoms with van der Waals surface area (Å²) in [6.07, 6.45) is 1.50. The molecule has 0 saturated heterocycles. The second-order valence-corrected chi connectivity index (χ2v) is 3.98. The Bertz CT molecular complexity index is 624. The summed E-state index contributed by atoms with van der Waals surface area (Å²) in [5, 5.41) is 3.82. The van der Waals surface area contributed by atoms with Gasteiger partial charge >= 0.3 is 0 Å². The van der Waals surface area contributed by atoms with Crippen LogP contribution in [-0.2, 0) is 0 Å². The fourth-order valence-corrected chi connectivity index (χ4v) is 1.55. The molecule has 1 N–H and O–H groups in total. The molecule has 0 heterocycles. The largest absolute Gasteiger partial charge is 0.497 e. The van der Waals surface area contributed by atoms with Gasteiger partial charge in [0.2, 0.25) is 0 Å². The standard InChI is InChI=1S/C15H13FN2O2/c1-20-14-7-5-11(6-8-14)10-17-18-15(19)12-3-2-4-13(16)9-12/h2-10H,1H3,(H,18,19)/b17-10-. The second kappa shape index (κ2) is 6.47. The quantitative estimate of drug-likeness (QED) is 0.687. The normalized spacial score (nSPS) is 10.5. The van der Waals surface area contributed by atoms with Crippen molar-refractivity contribution in [1.29, 1.82) is 0 Å². The number of nitrogens with one attached hydrogen (secondary N) is 1. The average Bonchev–Trinajstić information content (AvgIpc) is 2.48. The predicted molar refractivity (Wildman–Crippen MR) is 74.5 cm³/mol. The molecule has 5 heteroatoms. The van der Waals surface area contributed by atoms with Crippen molar-refractivity contribution in [3.8, 4) is 5.75 Å². The molecule has 0 spiro atoms. The van der Waals surface area contributed by atoms with Crippen molar-refractivity contribution in [3.05, 3.63) is 65.5 Å². The molecule has 2 aromatic rings. The SMILES string of the molecule is COc1ccc(/C=N\NC(=O)c2cccc(F)c2)cc1. The van der Waals surface area contributed by atoms with Gasteiger partial charge in [-0.3, -0.25) is 4.79 Å². The van der Waals surface area contributed by atoms with Crippen LogP contribution in [0.3, 0.4) is 0 Å². The molecular weight excluding hydrogens is 259 g/mol. The summed E-state index contributed by atoms with van der Waals surface area (Å²) in [6, 6.07) is 12.6. The monoisotopic (exact) mass is 272 g/mol. The fourth-order valence-electron chi connectivity index (χ4n) is 1.55. The molecule has 20 heavy (non-hydrogen) atoms. The molecule has 0 aliphatic rings. The number of rotatable bonds is 4. The van der Waals surface area contributed by atoms with Gasteiger partial charge in [0.05, 0.1) is 13.3 Å². The summed E-state index contributed by atoms with van der Waals surface area (Å²) >= 11 is 0. The predicted octanol–water partition coefficient (Wildman–Crippen LogP) is 2.60. The van der Waals surface area contributed by atoms with Gasteiger partial charge < -0.3 is 4.74 Å². The summed E-state index contributed by atoms with van der Waals surface area (Å²) in [5.74, 6) is -0.183. The Balaban J connectivity index is 1.97. The smallest absolute Gasteiger partial charge is 0.271 e. The number of benzene rings is 2. The van der Waals surface area contributed by atoms with E-state index in [1.54, 1.807) is 31.4 Å². The lowest BCUT2D eigenvalue weighted by Gasteiger charge is -2.00. The van der Waals surface area contributed by atoms with E-state index in [0.717, 1.165) is 17.4 Å². The van der Waals surface area contributed by atoms with E-state index in [1.807, 2.05) is 0 Å². The van der Waals surface area contributed by atoms with E-state index in [2.05, 4.69) is 10.5 Å². The Labute approximate surface area is 115 Å². The summed E-state index contributed by atoms with van der Waals surface area (Å²) in [4.78, 5) is 11.7. The molecule has 2 rings (SSSR count). The molecule has 1 amide bonds. The van der Waals surface area contributed by atoms with Gasteiger partial charge in [0.1, 0.15) is 11.6 Å². The Hall–Kier alpha value is -2.69. The van der Waals surface area contributed by atoms with Crippen LogP contribution in [0.15, 0.2) is 53.6 Å². The van der Waals surface area contributed by atoms with Crippen molar-refractivity contribution >= 4 is 12.1 Å². The molecule has 0 saturated carbocycles. The maximum Gasteiger partial charge on any atom is 0.271 e. The Morgan fingerprint density at radius 3 is 2.65 bits per heavy atom. The third kappa shape index (κ3) is 3.65. The zero-order valence-electron chi connectivity index (χ0n) is 10.8. The molecule has 0 radical (unpaired) electrons. The van der Waals surface area contributed by atoms with Gasteiger partial charge in [0, 0.05) is 5.56 Å². The van der Waals surface area contributed by atoms with Crippen LogP contribution in [-0.4, -0.2) is 19.2 Å². The summed E-state index contributed by atoms with van der Waals surface area (Å²) in [5.41, 5.74) is 3.37. The van der Waals surface area contributed by atoms with Gasteiger partial charge in [-0.05, 0) is 48.0 Å². The summed E-state index contributed by atoms with van der Waals surface area (Å²) < 4.78 is 18.0.